The van der Waals surface area contributed by atoms with Gasteiger partial charge in [-0.25, -0.2) is 0 Å². The monoisotopic (exact) mass is 672 g/mol. The van der Waals surface area contributed by atoms with Crippen LogP contribution in [0.4, 0.5) is 0 Å². The van der Waals surface area contributed by atoms with E-state index in [0.29, 0.717) is 18.3 Å². The molecular weight excluding hydrogens is 645 g/mol. The van der Waals surface area contributed by atoms with Crippen LogP contribution in [0.15, 0.2) is 66.3 Å². The highest BCUT2D eigenvalue weighted by molar-refractivity contribution is 6.46. The number of carbonyl (C=O) groups excluding carboxylic acids is 1. The summed E-state index contributed by atoms with van der Waals surface area (Å²) in [5.41, 5.74) is 26.8. The Balaban J connectivity index is 1.18. The summed E-state index contributed by atoms with van der Waals surface area (Å²) in [4.78, 5) is 12.9. The van der Waals surface area contributed by atoms with E-state index in [-0.39, 0.29) is 22.2 Å². The average molecular weight is 673 g/mol. The molecule has 11 aliphatic carbocycles. The summed E-state index contributed by atoms with van der Waals surface area (Å²) in [7, 11) is 1.55. The van der Waals surface area contributed by atoms with Gasteiger partial charge in [0.2, 0.25) is 0 Å². The van der Waals surface area contributed by atoms with E-state index in [9.17, 15) is 4.79 Å². The number of benzene rings is 7. The third-order valence-electron chi connectivity index (χ3n) is 17.6. The highest BCUT2D eigenvalue weighted by atomic mass is 16.5. The Bertz CT molecular complexity index is 3520. The quantitative estimate of drug-likeness (QED) is 0.134. The van der Waals surface area contributed by atoms with Crippen LogP contribution in [0.25, 0.3) is 82.2 Å². The van der Waals surface area contributed by atoms with Crippen molar-refractivity contribution in [2.45, 2.75) is 60.7 Å². The lowest BCUT2D eigenvalue weighted by atomic mass is 9.67. The molecule has 0 N–H and O–H groups in total. The van der Waals surface area contributed by atoms with Crippen molar-refractivity contribution < 1.29 is 9.53 Å². The lowest BCUT2D eigenvalue weighted by molar-refractivity contribution is -0.140. The topological polar surface area (TPSA) is 26.3 Å². The summed E-state index contributed by atoms with van der Waals surface area (Å²) < 4.78 is 5.30. The molecule has 0 amide bonds. The minimum absolute atomic E-state index is 0.0902. The second kappa shape index (κ2) is 6.64. The summed E-state index contributed by atoms with van der Waals surface area (Å²) in [6.45, 7) is 0. The first-order chi connectivity index (χ1) is 26.1. The van der Waals surface area contributed by atoms with Crippen LogP contribution >= 0.6 is 0 Å². The van der Waals surface area contributed by atoms with E-state index < -0.39 is 0 Å². The van der Waals surface area contributed by atoms with Crippen molar-refractivity contribution in [1.82, 2.24) is 0 Å². The van der Waals surface area contributed by atoms with Gasteiger partial charge in [-0.2, -0.15) is 0 Å². The smallest absolute Gasteiger partial charge is 0.305 e. The van der Waals surface area contributed by atoms with Gasteiger partial charge in [-0.1, -0.05) is 72.3 Å². The first-order valence-electron chi connectivity index (χ1n) is 20.0. The third kappa shape index (κ3) is 1.80. The zero-order valence-corrected chi connectivity index (χ0v) is 29.1. The van der Waals surface area contributed by atoms with Gasteiger partial charge < -0.3 is 4.74 Å². The van der Waals surface area contributed by atoms with Gasteiger partial charge in [-0.3, -0.25) is 4.79 Å². The SMILES string of the molecule is COC(=O)CCCC1(c2ccccc2)C23C4=Cc5cc6c7c8c9c%10c%11c(c%12c%13c%10c%10c%14c%15c(cc%16cc(c2c-%12c%16c%15%13)C4)CC%14=CC(C=C8C6)C9%10)C13c5c7%11. The van der Waals surface area contributed by atoms with Gasteiger partial charge in [0.25, 0.3) is 0 Å². The number of esters is 1. The van der Waals surface area contributed by atoms with Crippen LogP contribution in [0.2, 0.25) is 0 Å². The molecule has 1 fully saturated rings. The van der Waals surface area contributed by atoms with Crippen molar-refractivity contribution in [2.75, 3.05) is 7.11 Å². The fourth-order valence-corrected chi connectivity index (χ4v) is 17.1. The molecular formula is C51H28O2. The van der Waals surface area contributed by atoms with E-state index in [1.807, 2.05) is 0 Å². The molecule has 2 heteroatoms. The van der Waals surface area contributed by atoms with Gasteiger partial charge in [-0.05, 0) is 175 Å². The third-order valence-corrected chi connectivity index (χ3v) is 17.6. The van der Waals surface area contributed by atoms with E-state index in [2.05, 4.69) is 66.8 Å². The molecule has 5 unspecified atom stereocenters. The van der Waals surface area contributed by atoms with Crippen LogP contribution in [0.5, 0.6) is 0 Å². The maximum absolute atomic E-state index is 12.9. The normalized spacial score (nSPS) is 29.9. The number of hydrogen-bond acceptors (Lipinski definition) is 2. The number of ether oxygens (including phenoxy) is 1. The number of rotatable bonds is 5. The predicted octanol–water partition coefficient (Wildman–Crippen LogP) is 10.5. The van der Waals surface area contributed by atoms with Crippen molar-refractivity contribution in [3.05, 3.63) is 133 Å². The van der Waals surface area contributed by atoms with E-state index in [1.165, 1.54) is 16.5 Å². The molecule has 1 saturated carbocycles. The van der Waals surface area contributed by atoms with Gasteiger partial charge in [0.05, 0.1) is 7.11 Å². The number of hydrogen-bond donors (Lipinski definition) is 0. The largest absolute Gasteiger partial charge is 0.469 e. The summed E-state index contributed by atoms with van der Waals surface area (Å²) in [6, 6.07) is 19.6. The molecule has 0 bridgehead atoms. The molecule has 244 valence electrons. The highest BCUT2D eigenvalue weighted by Crippen LogP contribution is 2.95. The molecule has 53 heavy (non-hydrogen) atoms. The number of allylic oxidation sites excluding steroid dienone is 5. The molecule has 7 aromatic carbocycles. The van der Waals surface area contributed by atoms with Crippen LogP contribution in [0.3, 0.4) is 0 Å². The standard InChI is InChI=1S/C51H28O2/c1-53-29(52)8-5-9-49(27-6-3-2-4-7-27)50-28-17-25-16-24-14-20-10-19-11-22-12-21-13-23-15-26(18-28)47-42-33(23)32(21)37-34(22)36-30(19)31(20)38-35(24)43(46(25)50)45-41(38)39(36)40(37)44(42)48(45)51(47,49)50/h2-4,6-7,11-12,14-16,18,22,34H,5,8-10,13,17H2,1H3. The van der Waals surface area contributed by atoms with Crippen LogP contribution in [-0.2, 0) is 45.0 Å². The minimum Gasteiger partial charge on any atom is -0.469 e. The Morgan fingerprint density at radius 1 is 0.698 bits per heavy atom. The lowest BCUT2D eigenvalue weighted by Gasteiger charge is -2.34. The number of carbonyl (C=O) groups is 1. The first kappa shape index (κ1) is 24.7. The van der Waals surface area contributed by atoms with Crippen molar-refractivity contribution in [1.29, 1.82) is 0 Å². The molecule has 2 spiro atoms. The maximum atomic E-state index is 12.9. The van der Waals surface area contributed by atoms with E-state index >= 15 is 0 Å². The second-order valence-corrected chi connectivity index (χ2v) is 18.6. The molecule has 0 aromatic heterocycles. The molecule has 0 heterocycles. The van der Waals surface area contributed by atoms with E-state index in [1.54, 1.807) is 139 Å². The molecule has 18 rings (SSSR count). The van der Waals surface area contributed by atoms with Gasteiger partial charge in [0.15, 0.2) is 0 Å². The van der Waals surface area contributed by atoms with Crippen LogP contribution in [0, 0.1) is 5.92 Å². The van der Waals surface area contributed by atoms with Crippen molar-refractivity contribution in [2.24, 2.45) is 5.92 Å². The Hall–Kier alpha value is -5.47. The fourth-order valence-electron chi connectivity index (χ4n) is 17.1. The Kier molecular flexibility index (Phi) is 3.10. The molecule has 0 aliphatic heterocycles. The molecule has 11 aliphatic rings. The van der Waals surface area contributed by atoms with Crippen LogP contribution < -0.4 is 0 Å². The molecule has 0 radical (unpaired) electrons. The van der Waals surface area contributed by atoms with Crippen LogP contribution in [0.1, 0.15) is 91.9 Å². The summed E-state index contributed by atoms with van der Waals surface area (Å²) >= 11 is 0. The second-order valence-electron chi connectivity index (χ2n) is 18.6. The Morgan fingerprint density at radius 2 is 1.42 bits per heavy atom. The Labute approximate surface area is 303 Å². The van der Waals surface area contributed by atoms with Crippen molar-refractivity contribution >= 4 is 77.1 Å². The van der Waals surface area contributed by atoms with Crippen LogP contribution in [-0.4, -0.2) is 13.1 Å². The maximum Gasteiger partial charge on any atom is 0.305 e. The van der Waals surface area contributed by atoms with E-state index in [0.717, 1.165) is 32.1 Å². The summed E-state index contributed by atoms with van der Waals surface area (Å²) in [5.74, 6) is 0.779. The van der Waals surface area contributed by atoms with Gasteiger partial charge in [0, 0.05) is 34.5 Å². The molecule has 0 saturated heterocycles. The summed E-state index contributed by atoms with van der Waals surface area (Å²) in [5, 5.41) is 16.0. The lowest BCUT2D eigenvalue weighted by Crippen LogP contribution is -2.28. The highest BCUT2D eigenvalue weighted by Gasteiger charge is 2.94. The van der Waals surface area contributed by atoms with Gasteiger partial charge in [0.1, 0.15) is 0 Å². The molecule has 5 atom stereocenters. The van der Waals surface area contributed by atoms with Gasteiger partial charge >= 0.3 is 5.97 Å². The van der Waals surface area contributed by atoms with E-state index in [4.69, 9.17) is 4.74 Å². The minimum atomic E-state index is -0.196. The Morgan fingerprint density at radius 3 is 2.23 bits per heavy atom. The summed E-state index contributed by atoms with van der Waals surface area (Å²) in [6.07, 6.45) is 13.6. The predicted molar refractivity (Wildman–Crippen MR) is 210 cm³/mol. The van der Waals surface area contributed by atoms with Gasteiger partial charge in [-0.15, -0.1) is 0 Å². The first-order valence-corrected chi connectivity index (χ1v) is 20.0. The zero-order chi connectivity index (χ0) is 33.5. The number of methoxy groups -OCH3 is 1. The van der Waals surface area contributed by atoms with Crippen molar-refractivity contribution in [3.8, 4) is 11.1 Å². The zero-order valence-electron chi connectivity index (χ0n) is 29.1. The molecule has 7 aromatic rings. The van der Waals surface area contributed by atoms with Crippen molar-refractivity contribution in [3.63, 3.8) is 0 Å². The fraction of sp³-hybridized carbons (Fsp3) is 0.235. The molecule has 2 nitrogen and oxygen atoms in total. The average Bonchev–Trinajstić information content (AvgIpc) is 3.86.